The Kier molecular flexibility index (Phi) is 4.97. The highest BCUT2D eigenvalue weighted by molar-refractivity contribution is 9.10. The molecule has 132 valence electrons. The van der Waals surface area contributed by atoms with E-state index >= 15 is 0 Å². The van der Waals surface area contributed by atoms with E-state index in [-0.39, 0.29) is 5.91 Å². The minimum absolute atomic E-state index is 0.0538. The molecule has 27 heavy (non-hydrogen) atoms. The molecule has 1 amide bonds. The highest BCUT2D eigenvalue weighted by atomic mass is 79.9. The van der Waals surface area contributed by atoms with Crippen molar-refractivity contribution in [3.8, 4) is 0 Å². The van der Waals surface area contributed by atoms with Crippen LogP contribution in [0.1, 0.15) is 11.1 Å². The molecule has 0 fully saturated rings. The Morgan fingerprint density at radius 1 is 0.889 bits per heavy atom. The van der Waals surface area contributed by atoms with Gasteiger partial charge in [0, 0.05) is 15.1 Å². The van der Waals surface area contributed by atoms with Crippen molar-refractivity contribution in [3.63, 3.8) is 0 Å². The number of rotatable bonds is 3. The molecule has 2 nitrogen and oxygen atoms in total. The van der Waals surface area contributed by atoms with Gasteiger partial charge in [-0.2, -0.15) is 0 Å². The van der Waals surface area contributed by atoms with E-state index < -0.39 is 0 Å². The van der Waals surface area contributed by atoms with Gasteiger partial charge in [0.2, 0.25) is 0 Å². The Morgan fingerprint density at radius 2 is 1.63 bits per heavy atom. The van der Waals surface area contributed by atoms with Gasteiger partial charge in [-0.05, 0) is 53.6 Å². The first kappa shape index (κ1) is 17.8. The van der Waals surface area contributed by atoms with E-state index in [9.17, 15) is 4.79 Å². The van der Waals surface area contributed by atoms with Crippen LogP contribution in [0.15, 0.2) is 95.0 Å². The summed E-state index contributed by atoms with van der Waals surface area (Å²) >= 11 is 9.53. The second-order valence-electron chi connectivity index (χ2n) is 6.17. The molecule has 0 aliphatic carbocycles. The number of carbonyl (C=O) groups is 1. The second kappa shape index (κ2) is 7.55. The van der Waals surface area contributed by atoms with E-state index in [1.54, 1.807) is 4.90 Å². The zero-order valence-electron chi connectivity index (χ0n) is 14.3. The molecule has 1 aliphatic rings. The molecule has 1 aliphatic heterocycles. The van der Waals surface area contributed by atoms with Crippen LogP contribution in [0.4, 0.5) is 5.69 Å². The quantitative estimate of drug-likeness (QED) is 0.425. The molecule has 0 N–H and O–H groups in total. The van der Waals surface area contributed by atoms with Gasteiger partial charge in [-0.1, -0.05) is 76.1 Å². The lowest BCUT2D eigenvalue weighted by Crippen LogP contribution is -2.24. The van der Waals surface area contributed by atoms with Gasteiger partial charge < -0.3 is 0 Å². The van der Waals surface area contributed by atoms with Crippen LogP contribution < -0.4 is 4.90 Å². The van der Waals surface area contributed by atoms with Crippen LogP contribution in [0.3, 0.4) is 0 Å². The number of nitrogens with zero attached hydrogens (tertiary/aromatic N) is 1. The third kappa shape index (κ3) is 3.75. The van der Waals surface area contributed by atoms with Crippen molar-refractivity contribution in [2.45, 2.75) is 0 Å². The lowest BCUT2D eigenvalue weighted by atomic mass is 10.1. The third-order valence-electron chi connectivity index (χ3n) is 4.31. The molecule has 3 aromatic rings. The van der Waals surface area contributed by atoms with E-state index in [0.29, 0.717) is 10.6 Å². The topological polar surface area (TPSA) is 20.3 Å². The summed E-state index contributed by atoms with van der Waals surface area (Å²) < 4.78 is 0.920. The predicted molar refractivity (Wildman–Crippen MR) is 115 cm³/mol. The summed E-state index contributed by atoms with van der Waals surface area (Å²) in [6, 6.07) is 25.1. The largest absolute Gasteiger partial charge is 0.276 e. The normalized spacial score (nSPS) is 15.3. The molecular weight excluding hydrogens is 422 g/mol. The molecule has 0 saturated heterocycles. The van der Waals surface area contributed by atoms with Crippen molar-refractivity contribution in [1.82, 2.24) is 0 Å². The van der Waals surface area contributed by atoms with Crippen LogP contribution in [-0.2, 0) is 4.79 Å². The van der Waals surface area contributed by atoms with Crippen LogP contribution in [-0.4, -0.2) is 5.91 Å². The maximum Gasteiger partial charge on any atom is 0.262 e. The SMILES string of the molecule is O=C1/C(=C/c2ccccc2)C=C(c2ccc(Cl)cc2)N1c1cccc(Br)c1. The molecule has 0 aromatic heterocycles. The van der Waals surface area contributed by atoms with Crippen LogP contribution in [0.2, 0.25) is 5.02 Å². The summed E-state index contributed by atoms with van der Waals surface area (Å²) in [4.78, 5) is 15.0. The number of hydrogen-bond donors (Lipinski definition) is 0. The molecule has 0 saturated carbocycles. The van der Waals surface area contributed by atoms with Gasteiger partial charge in [0.15, 0.2) is 0 Å². The lowest BCUT2D eigenvalue weighted by Gasteiger charge is -2.21. The Bertz CT molecular complexity index is 1060. The Hall–Kier alpha value is -2.62. The van der Waals surface area contributed by atoms with Crippen molar-refractivity contribution in [2.75, 3.05) is 4.90 Å². The van der Waals surface area contributed by atoms with Gasteiger partial charge in [-0.3, -0.25) is 9.69 Å². The van der Waals surface area contributed by atoms with Crippen molar-refractivity contribution >= 4 is 50.9 Å². The summed E-state index contributed by atoms with van der Waals surface area (Å²) in [5, 5.41) is 0.665. The van der Waals surface area contributed by atoms with Crippen LogP contribution in [0, 0.1) is 0 Å². The van der Waals surface area contributed by atoms with Gasteiger partial charge in [-0.25, -0.2) is 0 Å². The fourth-order valence-electron chi connectivity index (χ4n) is 3.05. The second-order valence-corrected chi connectivity index (χ2v) is 7.52. The standard InChI is InChI=1S/C23H15BrClNO/c24-19-7-4-8-21(15-19)26-22(17-9-11-20(25)12-10-17)14-18(23(26)27)13-16-5-2-1-3-6-16/h1-15H/b18-13+. The molecule has 0 radical (unpaired) electrons. The molecule has 0 bridgehead atoms. The number of halogens is 2. The Balaban J connectivity index is 1.84. The zero-order chi connectivity index (χ0) is 18.8. The van der Waals surface area contributed by atoms with Crippen LogP contribution in [0.5, 0.6) is 0 Å². The van der Waals surface area contributed by atoms with E-state index in [1.165, 1.54) is 0 Å². The number of carbonyl (C=O) groups excluding carboxylic acids is 1. The number of hydrogen-bond acceptors (Lipinski definition) is 1. The van der Waals surface area contributed by atoms with E-state index in [0.717, 1.165) is 27.0 Å². The van der Waals surface area contributed by atoms with E-state index in [4.69, 9.17) is 11.6 Å². The highest BCUT2D eigenvalue weighted by Crippen LogP contribution is 2.36. The first-order valence-electron chi connectivity index (χ1n) is 8.46. The maximum atomic E-state index is 13.2. The highest BCUT2D eigenvalue weighted by Gasteiger charge is 2.30. The van der Waals surface area contributed by atoms with E-state index in [1.807, 2.05) is 91.0 Å². The zero-order valence-corrected chi connectivity index (χ0v) is 16.6. The summed E-state index contributed by atoms with van der Waals surface area (Å²) in [7, 11) is 0. The first-order chi connectivity index (χ1) is 13.1. The third-order valence-corrected chi connectivity index (χ3v) is 5.06. The summed E-state index contributed by atoms with van der Waals surface area (Å²) in [6.45, 7) is 0. The molecule has 3 aromatic carbocycles. The molecular formula is C23H15BrClNO. The average molecular weight is 437 g/mol. The minimum Gasteiger partial charge on any atom is -0.276 e. The van der Waals surface area contributed by atoms with Gasteiger partial charge in [0.25, 0.3) is 5.91 Å². The van der Waals surface area contributed by atoms with Gasteiger partial charge >= 0.3 is 0 Å². The van der Waals surface area contributed by atoms with Gasteiger partial charge in [0.05, 0.1) is 11.4 Å². The summed E-state index contributed by atoms with van der Waals surface area (Å²) in [5.41, 5.74) is 4.21. The Morgan fingerprint density at radius 3 is 2.33 bits per heavy atom. The minimum atomic E-state index is -0.0538. The summed E-state index contributed by atoms with van der Waals surface area (Å²) in [6.07, 6.45) is 3.84. The van der Waals surface area contributed by atoms with Crippen molar-refractivity contribution in [2.24, 2.45) is 0 Å². The van der Waals surface area contributed by atoms with Crippen molar-refractivity contribution in [1.29, 1.82) is 0 Å². The fraction of sp³-hybridized carbons (Fsp3) is 0. The molecule has 4 rings (SSSR count). The molecule has 4 heteroatoms. The average Bonchev–Trinajstić information content (AvgIpc) is 2.99. The molecule has 0 unspecified atom stereocenters. The summed E-state index contributed by atoms with van der Waals surface area (Å²) in [5.74, 6) is -0.0538. The van der Waals surface area contributed by atoms with Crippen LogP contribution in [0.25, 0.3) is 11.8 Å². The van der Waals surface area contributed by atoms with Crippen molar-refractivity contribution in [3.05, 3.63) is 111 Å². The monoisotopic (exact) mass is 435 g/mol. The molecule has 0 atom stereocenters. The Labute approximate surface area is 171 Å². The van der Waals surface area contributed by atoms with Crippen molar-refractivity contribution < 1.29 is 4.79 Å². The molecule has 1 heterocycles. The first-order valence-corrected chi connectivity index (χ1v) is 9.63. The van der Waals surface area contributed by atoms with Crippen LogP contribution >= 0.6 is 27.5 Å². The smallest absolute Gasteiger partial charge is 0.262 e. The number of amides is 1. The molecule has 0 spiro atoms. The van der Waals surface area contributed by atoms with Gasteiger partial charge in [0.1, 0.15) is 0 Å². The predicted octanol–water partition coefficient (Wildman–Crippen LogP) is 6.57. The van der Waals surface area contributed by atoms with Gasteiger partial charge in [-0.15, -0.1) is 0 Å². The fourth-order valence-corrected chi connectivity index (χ4v) is 3.56. The number of benzene rings is 3. The van der Waals surface area contributed by atoms with E-state index in [2.05, 4.69) is 15.9 Å². The lowest BCUT2D eigenvalue weighted by molar-refractivity contribution is -0.113. The number of anilines is 1. The maximum absolute atomic E-state index is 13.2.